The lowest BCUT2D eigenvalue weighted by molar-refractivity contribution is 0.457. The molecule has 0 aliphatic heterocycles. The first kappa shape index (κ1) is 21.7. The predicted molar refractivity (Wildman–Crippen MR) is 141 cm³/mol. The fourth-order valence-corrected chi connectivity index (χ4v) is 4.20. The van der Waals surface area contributed by atoms with E-state index in [1.54, 1.807) is 0 Å². The van der Waals surface area contributed by atoms with Gasteiger partial charge in [0.2, 0.25) is 0 Å². The van der Waals surface area contributed by atoms with Crippen molar-refractivity contribution in [2.45, 2.75) is 19.4 Å². The van der Waals surface area contributed by atoms with Crippen LogP contribution in [0.15, 0.2) is 108 Å². The van der Waals surface area contributed by atoms with Crippen molar-refractivity contribution in [1.82, 2.24) is 4.98 Å². The van der Waals surface area contributed by atoms with Gasteiger partial charge < -0.3 is 15.8 Å². The SMILES string of the molecule is CC(C)(N)c1cccc(N=C(c2ccccc2)c2c(O)[nH]c3cc(-c4ccccc4)ccc23)c1. The summed E-state index contributed by atoms with van der Waals surface area (Å²) in [6.45, 7) is 3.95. The Labute approximate surface area is 199 Å². The fraction of sp³-hybridized carbons (Fsp3) is 0.100. The normalized spacial score (nSPS) is 12.3. The lowest BCUT2D eigenvalue weighted by Gasteiger charge is -2.19. The van der Waals surface area contributed by atoms with Crippen molar-refractivity contribution >= 4 is 22.3 Å². The van der Waals surface area contributed by atoms with E-state index in [2.05, 4.69) is 29.2 Å². The van der Waals surface area contributed by atoms with Gasteiger partial charge in [-0.25, -0.2) is 4.99 Å². The smallest absolute Gasteiger partial charge is 0.199 e. The van der Waals surface area contributed by atoms with Crippen molar-refractivity contribution in [1.29, 1.82) is 0 Å². The van der Waals surface area contributed by atoms with Crippen molar-refractivity contribution in [2.75, 3.05) is 0 Å². The van der Waals surface area contributed by atoms with Crippen LogP contribution in [0.5, 0.6) is 5.88 Å². The van der Waals surface area contributed by atoms with Crippen LogP contribution in [0.3, 0.4) is 0 Å². The van der Waals surface area contributed by atoms with Crippen LogP contribution in [0.25, 0.3) is 22.0 Å². The van der Waals surface area contributed by atoms with Crippen LogP contribution in [-0.2, 0) is 5.54 Å². The largest absolute Gasteiger partial charge is 0.494 e. The zero-order chi connectivity index (χ0) is 23.7. The molecule has 168 valence electrons. The molecule has 1 aromatic heterocycles. The number of nitrogens with two attached hydrogens (primary N) is 1. The second-order valence-corrected chi connectivity index (χ2v) is 9.07. The average molecular weight is 446 g/mol. The molecule has 4 N–H and O–H groups in total. The van der Waals surface area contributed by atoms with Crippen molar-refractivity contribution in [2.24, 2.45) is 10.7 Å². The molecule has 0 aliphatic carbocycles. The molecule has 0 saturated heterocycles. The van der Waals surface area contributed by atoms with Gasteiger partial charge in [0.05, 0.1) is 17.0 Å². The van der Waals surface area contributed by atoms with Gasteiger partial charge in [-0.3, -0.25) is 0 Å². The van der Waals surface area contributed by atoms with Crippen LogP contribution in [0.4, 0.5) is 5.69 Å². The summed E-state index contributed by atoms with van der Waals surface area (Å²) in [5, 5.41) is 11.9. The first-order chi connectivity index (χ1) is 16.4. The predicted octanol–water partition coefficient (Wildman–Crippen LogP) is 6.90. The third-order valence-electron chi connectivity index (χ3n) is 6.00. The number of aromatic hydroxyl groups is 1. The van der Waals surface area contributed by atoms with E-state index in [1.165, 1.54) is 0 Å². The maximum Gasteiger partial charge on any atom is 0.199 e. The molecule has 1 heterocycles. The number of aliphatic imine (C=N–C) groups is 1. The average Bonchev–Trinajstić information content (AvgIpc) is 3.18. The Bertz CT molecular complexity index is 1480. The standard InChI is InChI=1S/C30H27N3O/c1-30(2,31)23-14-9-15-24(19-23)32-28(21-12-7-4-8-13-21)27-25-17-16-22(18-26(25)33-29(27)34)20-10-5-3-6-11-20/h3-19,33-34H,31H2,1-2H3. The second-order valence-electron chi connectivity index (χ2n) is 9.07. The number of H-pyrrole nitrogens is 1. The molecule has 4 heteroatoms. The number of aromatic amines is 1. The van der Waals surface area contributed by atoms with E-state index >= 15 is 0 Å². The lowest BCUT2D eigenvalue weighted by atomic mass is 9.95. The highest BCUT2D eigenvalue weighted by Crippen LogP contribution is 2.34. The van der Waals surface area contributed by atoms with Crippen molar-refractivity contribution in [3.05, 3.63) is 120 Å². The zero-order valence-corrected chi connectivity index (χ0v) is 19.3. The molecule has 0 radical (unpaired) electrons. The number of rotatable bonds is 5. The highest BCUT2D eigenvalue weighted by atomic mass is 16.3. The summed E-state index contributed by atoms with van der Waals surface area (Å²) in [6, 6.07) is 34.3. The fourth-order valence-electron chi connectivity index (χ4n) is 4.20. The molecule has 0 amide bonds. The summed E-state index contributed by atoms with van der Waals surface area (Å²) >= 11 is 0. The van der Waals surface area contributed by atoms with Gasteiger partial charge in [0.25, 0.3) is 0 Å². The van der Waals surface area contributed by atoms with E-state index in [0.717, 1.165) is 38.8 Å². The van der Waals surface area contributed by atoms with Crippen LogP contribution < -0.4 is 5.73 Å². The molecule has 0 bridgehead atoms. The highest BCUT2D eigenvalue weighted by molar-refractivity contribution is 6.22. The summed E-state index contributed by atoms with van der Waals surface area (Å²) < 4.78 is 0. The number of hydrogen-bond acceptors (Lipinski definition) is 3. The molecular weight excluding hydrogens is 418 g/mol. The second kappa shape index (κ2) is 8.65. The van der Waals surface area contributed by atoms with Crippen LogP contribution in [0.2, 0.25) is 0 Å². The minimum absolute atomic E-state index is 0.0955. The summed E-state index contributed by atoms with van der Waals surface area (Å²) in [4.78, 5) is 8.18. The Morgan fingerprint density at radius 3 is 2.21 bits per heavy atom. The molecule has 4 nitrogen and oxygen atoms in total. The molecule has 0 atom stereocenters. The molecular formula is C30H27N3O. The molecule has 0 saturated carbocycles. The number of aromatic nitrogens is 1. The minimum Gasteiger partial charge on any atom is -0.494 e. The van der Waals surface area contributed by atoms with Crippen molar-refractivity contribution in [3.63, 3.8) is 0 Å². The zero-order valence-electron chi connectivity index (χ0n) is 19.3. The number of fused-ring (bicyclic) bond motifs is 1. The van der Waals surface area contributed by atoms with E-state index < -0.39 is 5.54 Å². The van der Waals surface area contributed by atoms with Crippen molar-refractivity contribution in [3.8, 4) is 17.0 Å². The van der Waals surface area contributed by atoms with Crippen LogP contribution in [-0.4, -0.2) is 15.8 Å². The monoisotopic (exact) mass is 445 g/mol. The van der Waals surface area contributed by atoms with Crippen LogP contribution in [0, 0.1) is 0 Å². The number of nitrogens with one attached hydrogen (secondary N) is 1. The Kier molecular flexibility index (Phi) is 5.52. The van der Waals surface area contributed by atoms with Crippen LogP contribution >= 0.6 is 0 Å². The summed E-state index contributed by atoms with van der Waals surface area (Å²) in [5.41, 5.74) is 13.0. The number of hydrogen-bond donors (Lipinski definition) is 3. The summed E-state index contributed by atoms with van der Waals surface area (Å²) in [6.07, 6.45) is 0. The van der Waals surface area contributed by atoms with Gasteiger partial charge in [-0.15, -0.1) is 0 Å². The molecule has 0 unspecified atom stereocenters. The third-order valence-corrected chi connectivity index (χ3v) is 6.00. The molecule has 5 rings (SSSR count). The Balaban J connectivity index is 1.69. The number of benzene rings is 4. The first-order valence-corrected chi connectivity index (χ1v) is 11.3. The maximum absolute atomic E-state index is 11.0. The van der Waals surface area contributed by atoms with Gasteiger partial charge in [0.15, 0.2) is 5.88 Å². The van der Waals surface area contributed by atoms with Gasteiger partial charge >= 0.3 is 0 Å². The molecule has 34 heavy (non-hydrogen) atoms. The van der Waals surface area contributed by atoms with Crippen LogP contribution in [0.1, 0.15) is 30.5 Å². The first-order valence-electron chi connectivity index (χ1n) is 11.3. The van der Waals surface area contributed by atoms with E-state index in [9.17, 15) is 5.11 Å². The molecule has 0 fully saturated rings. The summed E-state index contributed by atoms with van der Waals surface area (Å²) in [5.74, 6) is 0.0955. The molecule has 0 aliphatic rings. The van der Waals surface area contributed by atoms with E-state index in [1.807, 2.05) is 92.7 Å². The molecule has 4 aromatic carbocycles. The van der Waals surface area contributed by atoms with Gasteiger partial charge in [-0.05, 0) is 48.7 Å². The minimum atomic E-state index is -0.477. The van der Waals surface area contributed by atoms with E-state index in [0.29, 0.717) is 11.3 Å². The highest BCUT2D eigenvalue weighted by Gasteiger charge is 2.20. The van der Waals surface area contributed by atoms with E-state index in [4.69, 9.17) is 10.7 Å². The Morgan fingerprint density at radius 1 is 0.794 bits per heavy atom. The lowest BCUT2D eigenvalue weighted by Crippen LogP contribution is -2.28. The quantitative estimate of drug-likeness (QED) is 0.257. The van der Waals surface area contributed by atoms with E-state index in [-0.39, 0.29) is 5.88 Å². The third kappa shape index (κ3) is 4.24. The van der Waals surface area contributed by atoms with Crippen molar-refractivity contribution < 1.29 is 5.11 Å². The van der Waals surface area contributed by atoms with Gasteiger partial charge in [-0.1, -0.05) is 84.9 Å². The molecule has 5 aromatic rings. The Hall–Kier alpha value is -4.15. The topological polar surface area (TPSA) is 74.4 Å². The number of nitrogens with zero attached hydrogens (tertiary/aromatic N) is 1. The summed E-state index contributed by atoms with van der Waals surface area (Å²) in [7, 11) is 0. The maximum atomic E-state index is 11.0. The van der Waals surface area contributed by atoms with Gasteiger partial charge in [0, 0.05) is 22.0 Å². The molecule has 0 spiro atoms. The Morgan fingerprint density at radius 2 is 1.50 bits per heavy atom. The van der Waals surface area contributed by atoms with Gasteiger partial charge in [-0.2, -0.15) is 0 Å². The van der Waals surface area contributed by atoms with Gasteiger partial charge in [0.1, 0.15) is 0 Å².